The van der Waals surface area contributed by atoms with Crippen LogP contribution in [0.2, 0.25) is 0 Å². The number of aliphatic hydroxyl groups excluding tert-OH is 1. The van der Waals surface area contributed by atoms with Crippen molar-refractivity contribution in [1.29, 1.82) is 0 Å². The Bertz CT molecular complexity index is 1110. The molecule has 220 valence electrons. The number of ether oxygens (including phenoxy) is 2. The van der Waals surface area contributed by atoms with Crippen molar-refractivity contribution in [3.63, 3.8) is 0 Å². The van der Waals surface area contributed by atoms with Gasteiger partial charge in [0.05, 0.1) is 30.4 Å². The summed E-state index contributed by atoms with van der Waals surface area (Å²) in [7, 11) is 3.99. The molecule has 40 heavy (non-hydrogen) atoms. The molecule has 0 radical (unpaired) electrons. The Morgan fingerprint density at radius 3 is 2.48 bits per heavy atom. The van der Waals surface area contributed by atoms with Gasteiger partial charge >= 0.3 is 6.03 Å². The molecule has 0 bridgehead atoms. The van der Waals surface area contributed by atoms with E-state index in [0.29, 0.717) is 42.4 Å². The molecule has 0 saturated heterocycles. The van der Waals surface area contributed by atoms with Crippen LogP contribution in [0.5, 0.6) is 5.75 Å². The summed E-state index contributed by atoms with van der Waals surface area (Å²) in [4.78, 5) is 30.4. The molecule has 0 fully saturated rings. The molecule has 9 nitrogen and oxygen atoms in total. The Kier molecular flexibility index (Phi) is 11.7. The maximum absolute atomic E-state index is 14.1. The number of urea groups is 1. The van der Waals surface area contributed by atoms with E-state index in [-0.39, 0.29) is 30.6 Å². The van der Waals surface area contributed by atoms with Crippen LogP contribution in [0.3, 0.4) is 0 Å². The van der Waals surface area contributed by atoms with Crippen LogP contribution < -0.4 is 15.4 Å². The third kappa shape index (κ3) is 9.18. The van der Waals surface area contributed by atoms with Gasteiger partial charge in [0.25, 0.3) is 5.91 Å². The second-order valence-corrected chi connectivity index (χ2v) is 10.9. The minimum absolute atomic E-state index is 0.00521. The van der Waals surface area contributed by atoms with Gasteiger partial charge in [-0.3, -0.25) is 4.79 Å². The van der Waals surface area contributed by atoms with Crippen molar-refractivity contribution in [3.8, 4) is 5.75 Å². The Labute approximate surface area is 236 Å². The maximum atomic E-state index is 14.1. The van der Waals surface area contributed by atoms with Crippen molar-refractivity contribution in [2.24, 2.45) is 5.92 Å². The van der Waals surface area contributed by atoms with E-state index in [2.05, 4.69) is 22.5 Å². The van der Waals surface area contributed by atoms with E-state index in [1.807, 2.05) is 21.0 Å². The number of hydrogen-bond acceptors (Lipinski definition) is 6. The molecule has 0 spiro atoms. The normalized spacial score (nSPS) is 21.6. The van der Waals surface area contributed by atoms with Gasteiger partial charge in [-0.05, 0) is 89.7 Å². The molecule has 3 rings (SSSR count). The van der Waals surface area contributed by atoms with Crippen molar-refractivity contribution in [1.82, 2.24) is 9.80 Å². The topological polar surface area (TPSA) is 103 Å². The van der Waals surface area contributed by atoms with Gasteiger partial charge in [0.15, 0.2) is 0 Å². The van der Waals surface area contributed by atoms with E-state index in [0.717, 1.165) is 19.3 Å². The second kappa shape index (κ2) is 15.0. The number of rotatable bonds is 6. The van der Waals surface area contributed by atoms with Crippen LogP contribution in [0.25, 0.3) is 0 Å². The summed E-state index contributed by atoms with van der Waals surface area (Å²) >= 11 is 0. The molecule has 1 aliphatic rings. The number of benzene rings is 2. The molecule has 0 aromatic heterocycles. The largest absolute Gasteiger partial charge is 0.490 e. The predicted molar refractivity (Wildman–Crippen MR) is 154 cm³/mol. The first kappa shape index (κ1) is 31.3. The lowest BCUT2D eigenvalue weighted by Gasteiger charge is -2.35. The molecule has 0 saturated carbocycles. The van der Waals surface area contributed by atoms with Crippen molar-refractivity contribution in [2.75, 3.05) is 51.0 Å². The Morgan fingerprint density at radius 1 is 1.12 bits per heavy atom. The molecule has 0 aliphatic carbocycles. The summed E-state index contributed by atoms with van der Waals surface area (Å²) in [6, 6.07) is 9.39. The number of carbonyl (C=O) groups excluding carboxylic acids is 2. The first-order valence-corrected chi connectivity index (χ1v) is 13.9. The van der Waals surface area contributed by atoms with Gasteiger partial charge < -0.3 is 35.0 Å². The van der Waals surface area contributed by atoms with Crippen LogP contribution in [-0.2, 0) is 4.74 Å². The highest BCUT2D eigenvalue weighted by molar-refractivity contribution is 6.02. The number of carbonyl (C=O) groups is 2. The Hall–Kier alpha value is -3.21. The first-order valence-electron chi connectivity index (χ1n) is 13.9. The summed E-state index contributed by atoms with van der Waals surface area (Å²) < 4.78 is 25.7. The molecule has 3 amide bonds. The van der Waals surface area contributed by atoms with Gasteiger partial charge in [0, 0.05) is 37.0 Å². The SMILES string of the molecule is C[C@@H]1CCCCO[C@H](CN(C)C)[C@@H](C)CN([C@H](C)CO)C(=O)c2cc(NC(=O)Nc3ccc(F)cc3)ccc2O1. The van der Waals surface area contributed by atoms with Gasteiger partial charge in [-0.1, -0.05) is 6.92 Å². The van der Waals surface area contributed by atoms with E-state index in [9.17, 15) is 19.1 Å². The summed E-state index contributed by atoms with van der Waals surface area (Å²) in [5.74, 6) is -0.295. The highest BCUT2D eigenvalue weighted by atomic mass is 19.1. The number of hydrogen-bond donors (Lipinski definition) is 3. The zero-order valence-corrected chi connectivity index (χ0v) is 24.2. The third-order valence-electron chi connectivity index (χ3n) is 6.96. The lowest BCUT2D eigenvalue weighted by atomic mass is 10.0. The van der Waals surface area contributed by atoms with Gasteiger partial charge in [-0.15, -0.1) is 0 Å². The monoisotopic (exact) mass is 558 g/mol. The van der Waals surface area contributed by atoms with Crippen LogP contribution in [0.1, 0.15) is 50.4 Å². The van der Waals surface area contributed by atoms with E-state index in [1.54, 1.807) is 30.0 Å². The fourth-order valence-corrected chi connectivity index (χ4v) is 4.65. The molecule has 10 heteroatoms. The summed E-state index contributed by atoms with van der Waals surface area (Å²) in [6.07, 6.45) is 2.39. The number of amides is 3. The smallest absolute Gasteiger partial charge is 0.323 e. The molecule has 1 aliphatic heterocycles. The predicted octanol–water partition coefficient (Wildman–Crippen LogP) is 4.83. The number of halogens is 1. The Morgan fingerprint density at radius 2 is 1.80 bits per heavy atom. The quantitative estimate of drug-likeness (QED) is 0.470. The van der Waals surface area contributed by atoms with Crippen molar-refractivity contribution >= 4 is 23.3 Å². The molecule has 0 unspecified atom stereocenters. The Balaban J connectivity index is 1.92. The highest BCUT2D eigenvalue weighted by Crippen LogP contribution is 2.28. The average Bonchev–Trinajstić information content (AvgIpc) is 2.91. The number of nitrogens with zero attached hydrogens (tertiary/aromatic N) is 2. The summed E-state index contributed by atoms with van der Waals surface area (Å²) in [6.45, 7) is 7.33. The fourth-order valence-electron chi connectivity index (χ4n) is 4.65. The van der Waals surface area contributed by atoms with E-state index in [4.69, 9.17) is 9.47 Å². The average molecular weight is 559 g/mol. The van der Waals surface area contributed by atoms with Gasteiger partial charge in [0.2, 0.25) is 0 Å². The number of fused-ring (bicyclic) bond motifs is 1. The molecule has 4 atom stereocenters. The zero-order chi connectivity index (χ0) is 29.2. The summed E-state index contributed by atoms with van der Waals surface area (Å²) in [5, 5.41) is 15.4. The molecule has 1 heterocycles. The highest BCUT2D eigenvalue weighted by Gasteiger charge is 2.30. The van der Waals surface area contributed by atoms with Gasteiger partial charge in [-0.2, -0.15) is 0 Å². The molecular weight excluding hydrogens is 515 g/mol. The minimum Gasteiger partial charge on any atom is -0.490 e. The molecule has 3 N–H and O–H groups in total. The van der Waals surface area contributed by atoms with Crippen LogP contribution in [0, 0.1) is 11.7 Å². The van der Waals surface area contributed by atoms with E-state index >= 15 is 0 Å². The number of nitrogens with one attached hydrogen (secondary N) is 2. The van der Waals surface area contributed by atoms with Crippen molar-refractivity contribution < 1.29 is 28.6 Å². The van der Waals surface area contributed by atoms with E-state index in [1.165, 1.54) is 24.3 Å². The van der Waals surface area contributed by atoms with Crippen molar-refractivity contribution in [3.05, 3.63) is 53.8 Å². The minimum atomic E-state index is -0.535. The number of anilines is 2. The van der Waals surface area contributed by atoms with Gasteiger partial charge in [-0.25, -0.2) is 9.18 Å². The second-order valence-electron chi connectivity index (χ2n) is 10.9. The zero-order valence-electron chi connectivity index (χ0n) is 24.2. The lowest BCUT2D eigenvalue weighted by Crippen LogP contribution is -2.47. The standard InChI is InChI=1S/C30H43FN4O5/c1-20-17-35(21(2)19-36)29(37)26-16-25(33-30(38)32-24-11-9-23(31)10-12-24)13-14-27(26)40-22(3)8-6-7-15-39-28(20)18-34(4)5/h9-14,16,20-22,28,36H,6-8,15,17-19H2,1-5H3,(H2,32,33,38)/t20-,21+,22+,28+/m0/s1. The van der Waals surface area contributed by atoms with Gasteiger partial charge in [0.1, 0.15) is 11.6 Å². The fraction of sp³-hybridized carbons (Fsp3) is 0.533. The van der Waals surface area contributed by atoms with Crippen LogP contribution in [0.15, 0.2) is 42.5 Å². The molecule has 2 aromatic carbocycles. The first-order chi connectivity index (χ1) is 19.1. The van der Waals surface area contributed by atoms with Crippen LogP contribution in [0.4, 0.5) is 20.6 Å². The van der Waals surface area contributed by atoms with Crippen molar-refractivity contribution in [2.45, 2.75) is 58.3 Å². The number of aliphatic hydroxyl groups is 1. The third-order valence-corrected chi connectivity index (χ3v) is 6.96. The van der Waals surface area contributed by atoms with Crippen LogP contribution in [-0.4, -0.2) is 85.5 Å². The van der Waals surface area contributed by atoms with Crippen LogP contribution >= 0.6 is 0 Å². The maximum Gasteiger partial charge on any atom is 0.323 e. The molecule has 2 aromatic rings. The van der Waals surface area contributed by atoms with E-state index < -0.39 is 17.9 Å². The lowest BCUT2D eigenvalue weighted by molar-refractivity contribution is -0.0137. The molecular formula is C30H43FN4O5. The summed E-state index contributed by atoms with van der Waals surface area (Å²) in [5.41, 5.74) is 1.11. The number of likely N-dealkylation sites (N-methyl/N-ethyl adjacent to an activating group) is 1.